The van der Waals surface area contributed by atoms with E-state index in [0.29, 0.717) is 0 Å². The van der Waals surface area contributed by atoms with Crippen LogP contribution in [0.3, 0.4) is 0 Å². The van der Waals surface area contributed by atoms with Crippen LogP contribution in [0.25, 0.3) is 0 Å². The minimum Gasteiger partial charge on any atom is -0.314 e. The van der Waals surface area contributed by atoms with Gasteiger partial charge in [0.05, 0.1) is 0 Å². The molecule has 0 saturated carbocycles. The van der Waals surface area contributed by atoms with E-state index in [1.54, 1.807) is 0 Å². The lowest BCUT2D eigenvalue weighted by atomic mass is 9.99. The largest absolute Gasteiger partial charge is 0.314 e. The first-order valence-corrected chi connectivity index (χ1v) is 6.39. The number of rotatable bonds is 3. The highest BCUT2D eigenvalue weighted by Crippen LogP contribution is 2.21. The molecule has 2 aliphatic rings. The quantitative estimate of drug-likeness (QED) is 0.738. The summed E-state index contributed by atoms with van der Waals surface area (Å²) < 4.78 is 0. The summed E-state index contributed by atoms with van der Waals surface area (Å²) in [7, 11) is 2.25. The number of hydrogen-bond acceptors (Lipinski definition) is 3. The van der Waals surface area contributed by atoms with Crippen LogP contribution in [0.4, 0.5) is 0 Å². The predicted octanol–water partition coefficient (Wildman–Crippen LogP) is 0.622. The molecule has 15 heavy (non-hydrogen) atoms. The van der Waals surface area contributed by atoms with Gasteiger partial charge >= 0.3 is 0 Å². The fourth-order valence-corrected chi connectivity index (χ4v) is 2.97. The molecule has 0 spiro atoms. The number of nitrogens with zero attached hydrogens (tertiary/aromatic N) is 2. The molecule has 0 aliphatic carbocycles. The van der Waals surface area contributed by atoms with Crippen LogP contribution in [0.1, 0.15) is 19.8 Å². The molecule has 2 aliphatic heterocycles. The first kappa shape index (κ1) is 11.4. The lowest BCUT2D eigenvalue weighted by molar-refractivity contribution is 0.161. The third-order valence-electron chi connectivity index (χ3n) is 3.94. The lowest BCUT2D eigenvalue weighted by Crippen LogP contribution is -2.48. The van der Waals surface area contributed by atoms with Crippen LogP contribution in [0.5, 0.6) is 0 Å². The fraction of sp³-hybridized carbons (Fsp3) is 1.00. The van der Waals surface area contributed by atoms with Crippen molar-refractivity contribution in [2.24, 2.45) is 5.92 Å². The van der Waals surface area contributed by atoms with Crippen molar-refractivity contribution in [2.45, 2.75) is 25.8 Å². The third-order valence-corrected chi connectivity index (χ3v) is 3.94. The normalized spacial score (nSPS) is 32.0. The summed E-state index contributed by atoms with van der Waals surface area (Å²) in [5.74, 6) is 0.944. The standard InChI is InChI=1S/C12H25N3/c1-11(15-7-4-13-5-8-15)9-12-3-6-14(2)10-12/h11-13H,3-10H2,1-2H3. The van der Waals surface area contributed by atoms with Gasteiger partial charge in [-0.15, -0.1) is 0 Å². The second kappa shape index (κ2) is 5.28. The van der Waals surface area contributed by atoms with Gasteiger partial charge in [0.25, 0.3) is 0 Å². The minimum absolute atomic E-state index is 0.781. The summed E-state index contributed by atoms with van der Waals surface area (Å²) in [6.45, 7) is 9.86. The molecule has 2 heterocycles. The van der Waals surface area contributed by atoms with Crippen LogP contribution < -0.4 is 5.32 Å². The van der Waals surface area contributed by atoms with E-state index in [0.717, 1.165) is 12.0 Å². The molecule has 0 radical (unpaired) electrons. The highest BCUT2D eigenvalue weighted by molar-refractivity contribution is 4.80. The zero-order chi connectivity index (χ0) is 10.7. The summed E-state index contributed by atoms with van der Waals surface area (Å²) >= 11 is 0. The Morgan fingerprint density at radius 2 is 2.00 bits per heavy atom. The Morgan fingerprint density at radius 3 is 2.60 bits per heavy atom. The van der Waals surface area contributed by atoms with E-state index in [2.05, 4.69) is 29.1 Å². The first-order valence-electron chi connectivity index (χ1n) is 6.39. The topological polar surface area (TPSA) is 18.5 Å². The molecular formula is C12H25N3. The SMILES string of the molecule is CC(CC1CCN(C)C1)N1CCNCC1. The van der Waals surface area contributed by atoms with Gasteiger partial charge in [0.15, 0.2) is 0 Å². The molecule has 2 rings (SSSR count). The Hall–Kier alpha value is -0.120. The van der Waals surface area contributed by atoms with Crippen molar-refractivity contribution >= 4 is 0 Å². The first-order chi connectivity index (χ1) is 7.25. The van der Waals surface area contributed by atoms with Crippen LogP contribution in [0, 0.1) is 5.92 Å². The molecule has 0 aromatic heterocycles. The second-order valence-electron chi connectivity index (χ2n) is 5.29. The number of likely N-dealkylation sites (tertiary alicyclic amines) is 1. The maximum absolute atomic E-state index is 3.42. The van der Waals surface area contributed by atoms with Gasteiger partial charge in [-0.3, -0.25) is 4.90 Å². The average molecular weight is 211 g/mol. The minimum atomic E-state index is 0.781. The van der Waals surface area contributed by atoms with Crippen molar-refractivity contribution in [3.63, 3.8) is 0 Å². The van der Waals surface area contributed by atoms with Crippen molar-refractivity contribution in [3.8, 4) is 0 Å². The summed E-state index contributed by atoms with van der Waals surface area (Å²) in [6.07, 6.45) is 2.80. The molecule has 2 atom stereocenters. The Balaban J connectivity index is 1.73. The lowest BCUT2D eigenvalue weighted by Gasteiger charge is -2.34. The van der Waals surface area contributed by atoms with Crippen LogP contribution in [0.15, 0.2) is 0 Å². The van der Waals surface area contributed by atoms with Crippen LogP contribution >= 0.6 is 0 Å². The van der Waals surface area contributed by atoms with Crippen molar-refractivity contribution in [1.29, 1.82) is 0 Å². The third kappa shape index (κ3) is 3.16. The van der Waals surface area contributed by atoms with E-state index in [4.69, 9.17) is 0 Å². The molecule has 0 aromatic rings. The molecule has 3 heteroatoms. The maximum Gasteiger partial charge on any atom is 0.0110 e. The smallest absolute Gasteiger partial charge is 0.0110 e. The summed E-state index contributed by atoms with van der Waals surface area (Å²) in [5, 5.41) is 3.42. The van der Waals surface area contributed by atoms with Crippen molar-refractivity contribution in [2.75, 3.05) is 46.3 Å². The van der Waals surface area contributed by atoms with Crippen LogP contribution in [0.2, 0.25) is 0 Å². The van der Waals surface area contributed by atoms with E-state index in [9.17, 15) is 0 Å². The number of nitrogens with one attached hydrogen (secondary N) is 1. The van der Waals surface area contributed by atoms with Gasteiger partial charge in [-0.1, -0.05) is 0 Å². The molecular weight excluding hydrogens is 186 g/mol. The van der Waals surface area contributed by atoms with Crippen LogP contribution in [-0.2, 0) is 0 Å². The van der Waals surface area contributed by atoms with Crippen molar-refractivity contribution < 1.29 is 0 Å². The average Bonchev–Trinajstić information content (AvgIpc) is 2.65. The predicted molar refractivity (Wildman–Crippen MR) is 64.1 cm³/mol. The molecule has 2 unspecified atom stereocenters. The van der Waals surface area contributed by atoms with E-state index in [1.165, 1.54) is 52.1 Å². The summed E-state index contributed by atoms with van der Waals surface area (Å²) in [4.78, 5) is 5.12. The molecule has 0 bridgehead atoms. The Kier molecular flexibility index (Phi) is 4.00. The van der Waals surface area contributed by atoms with Gasteiger partial charge in [-0.2, -0.15) is 0 Å². The Bertz CT molecular complexity index is 189. The van der Waals surface area contributed by atoms with Crippen molar-refractivity contribution in [3.05, 3.63) is 0 Å². The van der Waals surface area contributed by atoms with Crippen molar-refractivity contribution in [1.82, 2.24) is 15.1 Å². The zero-order valence-electron chi connectivity index (χ0n) is 10.2. The molecule has 88 valence electrons. The fourth-order valence-electron chi connectivity index (χ4n) is 2.97. The van der Waals surface area contributed by atoms with Gasteiger partial charge in [0.2, 0.25) is 0 Å². The van der Waals surface area contributed by atoms with Gasteiger partial charge in [0.1, 0.15) is 0 Å². The number of hydrogen-bond donors (Lipinski definition) is 1. The van der Waals surface area contributed by atoms with Gasteiger partial charge in [0, 0.05) is 38.8 Å². The van der Waals surface area contributed by atoms with Gasteiger partial charge < -0.3 is 10.2 Å². The van der Waals surface area contributed by atoms with E-state index < -0.39 is 0 Å². The summed E-state index contributed by atoms with van der Waals surface area (Å²) in [6, 6.07) is 0.781. The van der Waals surface area contributed by atoms with E-state index in [1.807, 2.05) is 0 Å². The second-order valence-corrected chi connectivity index (χ2v) is 5.29. The van der Waals surface area contributed by atoms with E-state index in [-0.39, 0.29) is 0 Å². The molecule has 3 nitrogen and oxygen atoms in total. The van der Waals surface area contributed by atoms with Gasteiger partial charge in [-0.25, -0.2) is 0 Å². The summed E-state index contributed by atoms with van der Waals surface area (Å²) in [5.41, 5.74) is 0. The zero-order valence-corrected chi connectivity index (χ0v) is 10.2. The Morgan fingerprint density at radius 1 is 1.27 bits per heavy atom. The maximum atomic E-state index is 3.42. The molecule has 0 aromatic carbocycles. The molecule has 2 fully saturated rings. The van der Waals surface area contributed by atoms with Crippen LogP contribution in [-0.4, -0.2) is 62.2 Å². The molecule has 0 amide bonds. The highest BCUT2D eigenvalue weighted by Gasteiger charge is 2.24. The van der Waals surface area contributed by atoms with E-state index >= 15 is 0 Å². The number of piperazine rings is 1. The highest BCUT2D eigenvalue weighted by atomic mass is 15.2. The monoisotopic (exact) mass is 211 g/mol. The molecule has 2 saturated heterocycles. The Labute approximate surface area is 93.8 Å². The molecule has 1 N–H and O–H groups in total. The van der Waals surface area contributed by atoms with Gasteiger partial charge in [-0.05, 0) is 39.3 Å².